The van der Waals surface area contributed by atoms with E-state index in [2.05, 4.69) is 0 Å². The molecule has 2 aromatic carbocycles. The van der Waals surface area contributed by atoms with Crippen LogP contribution in [0.15, 0.2) is 60.7 Å². The Balaban J connectivity index is 0. The second-order valence-corrected chi connectivity index (χ2v) is 3.39. The van der Waals surface area contributed by atoms with Gasteiger partial charge in [0, 0.05) is 11.1 Å². The number of carbonyl (C=O) groups is 2. The van der Waals surface area contributed by atoms with Crippen molar-refractivity contribution in [2.24, 2.45) is 0 Å². The molecule has 0 fully saturated rings. The van der Waals surface area contributed by atoms with Crippen LogP contribution < -0.4 is 0 Å². The second kappa shape index (κ2) is 9.26. The fourth-order valence-electron chi connectivity index (χ4n) is 1.44. The van der Waals surface area contributed by atoms with Gasteiger partial charge in [0.05, 0.1) is 0 Å². The molecular formula is C16H16CuO2. The van der Waals surface area contributed by atoms with E-state index in [1.807, 2.05) is 12.1 Å². The van der Waals surface area contributed by atoms with Crippen LogP contribution in [0.25, 0.3) is 0 Å². The Morgan fingerprint density at radius 3 is 1.11 bits per heavy atom. The average Bonchev–Trinajstić information content (AvgIpc) is 2.39. The van der Waals surface area contributed by atoms with Crippen LogP contribution in [-0.2, 0) is 17.1 Å². The summed E-state index contributed by atoms with van der Waals surface area (Å²) >= 11 is 0. The first-order valence-electron chi connectivity index (χ1n) is 4.98. The molecular weight excluding hydrogens is 288 g/mol. The van der Waals surface area contributed by atoms with E-state index < -0.39 is 11.6 Å². The van der Waals surface area contributed by atoms with Crippen molar-refractivity contribution < 1.29 is 26.7 Å². The van der Waals surface area contributed by atoms with Gasteiger partial charge >= 0.3 is 17.1 Å². The second-order valence-electron chi connectivity index (χ2n) is 3.39. The molecule has 0 aromatic heterocycles. The van der Waals surface area contributed by atoms with Crippen molar-refractivity contribution >= 4 is 11.6 Å². The summed E-state index contributed by atoms with van der Waals surface area (Å²) in [5, 5.41) is 0. The molecule has 0 aliphatic rings. The van der Waals surface area contributed by atoms with Crippen LogP contribution in [0.5, 0.6) is 0 Å². The first kappa shape index (κ1) is 19.6. The van der Waals surface area contributed by atoms with E-state index >= 15 is 0 Å². The first-order chi connectivity index (χ1) is 7.79. The standard InChI is InChI=1S/C14H10O2.2CH3.Cu/c15-13(11-7-3-1-4-8-11)14(16)12-9-5-2-6-10-12;;;/h1-10H;2*1H3;/q;2*-1;+2. The predicted molar refractivity (Wildman–Crippen MR) is 74.4 cm³/mol. The minimum atomic E-state index is -0.466. The Labute approximate surface area is 125 Å². The minimum Gasteiger partial charge on any atom is -0.358 e. The van der Waals surface area contributed by atoms with E-state index in [4.69, 9.17) is 0 Å². The third kappa shape index (κ3) is 4.82. The van der Waals surface area contributed by atoms with Gasteiger partial charge in [-0.15, -0.1) is 0 Å². The van der Waals surface area contributed by atoms with Gasteiger partial charge in [-0.1, -0.05) is 60.7 Å². The summed E-state index contributed by atoms with van der Waals surface area (Å²) in [4.78, 5) is 23.6. The quantitative estimate of drug-likeness (QED) is 0.375. The molecule has 0 atom stereocenters. The number of rotatable bonds is 3. The molecule has 103 valence electrons. The van der Waals surface area contributed by atoms with Gasteiger partial charge in [-0.05, 0) is 0 Å². The molecule has 2 rings (SSSR count). The van der Waals surface area contributed by atoms with E-state index in [0.29, 0.717) is 11.1 Å². The minimum absolute atomic E-state index is 0. The molecule has 0 saturated carbocycles. The van der Waals surface area contributed by atoms with Crippen molar-refractivity contribution in [3.05, 3.63) is 86.6 Å². The number of hydrogen-bond acceptors (Lipinski definition) is 2. The van der Waals surface area contributed by atoms with Crippen LogP contribution >= 0.6 is 0 Å². The number of ketones is 2. The normalized spacial score (nSPS) is 8.21. The van der Waals surface area contributed by atoms with E-state index in [9.17, 15) is 9.59 Å². The zero-order valence-corrected chi connectivity index (χ0v) is 11.8. The summed E-state index contributed by atoms with van der Waals surface area (Å²) in [6, 6.07) is 17.2. The SMILES string of the molecule is O=C(C(=O)c1ccccc1)c1ccccc1.[CH3-].[CH3-].[Cu+2]. The molecule has 0 heterocycles. The van der Waals surface area contributed by atoms with Crippen LogP contribution in [0.1, 0.15) is 20.7 Å². The molecule has 1 radical (unpaired) electrons. The largest absolute Gasteiger partial charge is 2.00 e. The molecule has 19 heavy (non-hydrogen) atoms. The number of benzene rings is 2. The van der Waals surface area contributed by atoms with E-state index in [1.165, 1.54) is 0 Å². The van der Waals surface area contributed by atoms with Crippen molar-refractivity contribution in [2.75, 3.05) is 0 Å². The molecule has 0 aliphatic heterocycles. The zero-order chi connectivity index (χ0) is 11.4. The van der Waals surface area contributed by atoms with Crippen LogP contribution in [0.3, 0.4) is 0 Å². The first-order valence-corrected chi connectivity index (χ1v) is 4.98. The van der Waals surface area contributed by atoms with Gasteiger partial charge in [0.1, 0.15) is 0 Å². The molecule has 3 heteroatoms. The van der Waals surface area contributed by atoms with Crippen LogP contribution in [-0.4, -0.2) is 11.6 Å². The van der Waals surface area contributed by atoms with Crippen LogP contribution in [0.4, 0.5) is 0 Å². The molecule has 2 aromatic rings. The van der Waals surface area contributed by atoms with Gasteiger partial charge in [-0.25, -0.2) is 0 Å². The zero-order valence-electron chi connectivity index (χ0n) is 10.9. The Morgan fingerprint density at radius 2 is 0.842 bits per heavy atom. The fourth-order valence-corrected chi connectivity index (χ4v) is 1.44. The fraction of sp³-hybridized carbons (Fsp3) is 0. The van der Waals surface area contributed by atoms with Crippen molar-refractivity contribution in [1.82, 2.24) is 0 Å². The summed E-state index contributed by atoms with van der Waals surface area (Å²) < 4.78 is 0. The number of carbonyl (C=O) groups excluding carboxylic acids is 2. The molecule has 0 aliphatic carbocycles. The maximum atomic E-state index is 11.8. The van der Waals surface area contributed by atoms with E-state index in [1.54, 1.807) is 48.5 Å². The summed E-state index contributed by atoms with van der Waals surface area (Å²) in [5.41, 5.74) is 0.854. The van der Waals surface area contributed by atoms with Gasteiger partial charge in [0.2, 0.25) is 11.6 Å². The number of Topliss-reactive ketones (excluding diaryl/α,β-unsaturated/α-hetero) is 2. The third-order valence-corrected chi connectivity index (χ3v) is 2.28. The average molecular weight is 304 g/mol. The van der Waals surface area contributed by atoms with Gasteiger partial charge in [-0.3, -0.25) is 9.59 Å². The van der Waals surface area contributed by atoms with Gasteiger partial charge in [0.25, 0.3) is 0 Å². The summed E-state index contributed by atoms with van der Waals surface area (Å²) in [6.45, 7) is 0. The summed E-state index contributed by atoms with van der Waals surface area (Å²) in [6.07, 6.45) is 0. The molecule has 0 bridgehead atoms. The Hall–Kier alpha value is -1.70. The Kier molecular flexibility index (Phi) is 9.57. The molecule has 0 amide bonds. The molecule has 0 spiro atoms. The van der Waals surface area contributed by atoms with Crippen molar-refractivity contribution in [3.63, 3.8) is 0 Å². The molecule has 0 N–H and O–H groups in total. The molecule has 2 nitrogen and oxygen atoms in total. The smallest absolute Gasteiger partial charge is 0.358 e. The van der Waals surface area contributed by atoms with Crippen LogP contribution in [0.2, 0.25) is 0 Å². The maximum absolute atomic E-state index is 11.8. The summed E-state index contributed by atoms with van der Waals surface area (Å²) in [5.74, 6) is -0.932. The summed E-state index contributed by atoms with van der Waals surface area (Å²) in [7, 11) is 0. The maximum Gasteiger partial charge on any atom is 2.00 e. The monoisotopic (exact) mass is 303 g/mol. The van der Waals surface area contributed by atoms with Crippen molar-refractivity contribution in [3.8, 4) is 0 Å². The Morgan fingerprint density at radius 1 is 0.579 bits per heavy atom. The van der Waals surface area contributed by atoms with Gasteiger partial charge < -0.3 is 14.9 Å². The van der Waals surface area contributed by atoms with Crippen molar-refractivity contribution in [1.29, 1.82) is 0 Å². The van der Waals surface area contributed by atoms with Crippen molar-refractivity contribution in [2.45, 2.75) is 0 Å². The van der Waals surface area contributed by atoms with E-state index in [0.717, 1.165) is 0 Å². The molecule has 0 saturated heterocycles. The van der Waals surface area contributed by atoms with E-state index in [-0.39, 0.29) is 31.9 Å². The predicted octanol–water partition coefficient (Wildman–Crippen LogP) is 3.65. The van der Waals surface area contributed by atoms with Gasteiger partial charge in [-0.2, -0.15) is 0 Å². The van der Waals surface area contributed by atoms with Gasteiger partial charge in [0.15, 0.2) is 0 Å². The Bertz CT molecular complexity index is 457. The third-order valence-electron chi connectivity index (χ3n) is 2.28. The topological polar surface area (TPSA) is 34.1 Å². The number of hydrogen-bond donors (Lipinski definition) is 0. The molecule has 0 unspecified atom stereocenters. The van der Waals surface area contributed by atoms with Crippen LogP contribution in [0, 0.1) is 14.9 Å².